The van der Waals surface area contributed by atoms with Crippen LogP contribution in [0.2, 0.25) is 5.82 Å². The van der Waals surface area contributed by atoms with Crippen LogP contribution in [0.4, 0.5) is 0 Å². The highest BCUT2D eigenvalue weighted by atomic mass is 15.0. The van der Waals surface area contributed by atoms with Gasteiger partial charge in [0.15, 0.2) is 0 Å². The van der Waals surface area contributed by atoms with Crippen molar-refractivity contribution in [1.82, 2.24) is 10.1 Å². The molecular formula is C12H22BN2. The Hall–Kier alpha value is -0.955. The van der Waals surface area contributed by atoms with E-state index in [4.69, 9.17) is 0 Å². The first-order valence-corrected chi connectivity index (χ1v) is 5.20. The van der Waals surface area contributed by atoms with Gasteiger partial charge in [0, 0.05) is 5.70 Å². The molecule has 0 amide bonds. The molecule has 2 nitrogen and oxygen atoms in total. The predicted octanol–water partition coefficient (Wildman–Crippen LogP) is 2.56. The van der Waals surface area contributed by atoms with Gasteiger partial charge in [0.05, 0.1) is 0 Å². The molecule has 1 N–H and O–H groups in total. The third kappa shape index (κ3) is 6.18. The molecule has 0 aromatic heterocycles. The summed E-state index contributed by atoms with van der Waals surface area (Å²) in [6, 6.07) is 0. The van der Waals surface area contributed by atoms with Crippen molar-refractivity contribution in [2.45, 2.75) is 26.1 Å². The van der Waals surface area contributed by atoms with Crippen LogP contribution in [0.5, 0.6) is 0 Å². The standard InChI is InChI=1S/C12H22BN2/c1-7-11(14-8-2)9-12(10(3)4)13-15(5)6/h7-8,12,14H,2-3,9H2,1,4-6H3/b11-7-. The Balaban J connectivity index is 4.38. The van der Waals surface area contributed by atoms with E-state index in [1.165, 1.54) is 11.3 Å². The number of allylic oxidation sites excluding steroid dienone is 3. The fraction of sp³-hybridized carbons (Fsp3) is 0.500. The summed E-state index contributed by atoms with van der Waals surface area (Å²) >= 11 is 0. The van der Waals surface area contributed by atoms with Gasteiger partial charge in [-0.15, -0.1) is 6.58 Å². The maximum absolute atomic E-state index is 4.02. The van der Waals surface area contributed by atoms with Crippen LogP contribution in [-0.2, 0) is 0 Å². The summed E-state index contributed by atoms with van der Waals surface area (Å²) in [4.78, 5) is 2.07. The molecule has 0 fully saturated rings. The number of nitrogens with one attached hydrogen (secondary N) is 1. The first-order chi connectivity index (χ1) is 7.01. The Kier molecular flexibility index (Phi) is 6.88. The Morgan fingerprint density at radius 1 is 1.53 bits per heavy atom. The van der Waals surface area contributed by atoms with Crippen LogP contribution in [0.1, 0.15) is 20.3 Å². The zero-order chi connectivity index (χ0) is 11.8. The van der Waals surface area contributed by atoms with Gasteiger partial charge in [-0.2, -0.15) is 0 Å². The van der Waals surface area contributed by atoms with Gasteiger partial charge in [-0.25, -0.2) is 0 Å². The Labute approximate surface area is 95.0 Å². The summed E-state index contributed by atoms with van der Waals surface area (Å²) in [5.74, 6) is 0.374. The first kappa shape index (κ1) is 14.0. The summed E-state index contributed by atoms with van der Waals surface area (Å²) < 4.78 is 0. The van der Waals surface area contributed by atoms with E-state index in [0.29, 0.717) is 5.82 Å². The normalized spacial score (nSPS) is 13.5. The number of hydrogen-bond donors (Lipinski definition) is 1. The van der Waals surface area contributed by atoms with E-state index >= 15 is 0 Å². The zero-order valence-corrected chi connectivity index (χ0v) is 10.4. The molecular weight excluding hydrogens is 183 g/mol. The molecule has 15 heavy (non-hydrogen) atoms. The Morgan fingerprint density at radius 2 is 2.13 bits per heavy atom. The van der Waals surface area contributed by atoms with Crippen LogP contribution in [0, 0.1) is 0 Å². The van der Waals surface area contributed by atoms with E-state index in [1.54, 1.807) is 6.20 Å². The number of rotatable bonds is 7. The highest BCUT2D eigenvalue weighted by Gasteiger charge is 2.14. The van der Waals surface area contributed by atoms with Gasteiger partial charge in [0.25, 0.3) is 0 Å². The molecule has 1 unspecified atom stereocenters. The molecule has 1 radical (unpaired) electrons. The quantitative estimate of drug-likeness (QED) is 0.507. The van der Waals surface area contributed by atoms with Crippen LogP contribution in [0.25, 0.3) is 0 Å². The second-order valence-electron chi connectivity index (χ2n) is 3.93. The highest BCUT2D eigenvalue weighted by molar-refractivity contribution is 6.35. The predicted molar refractivity (Wildman–Crippen MR) is 69.7 cm³/mol. The highest BCUT2D eigenvalue weighted by Crippen LogP contribution is 2.22. The average molecular weight is 205 g/mol. The fourth-order valence-corrected chi connectivity index (χ4v) is 1.34. The van der Waals surface area contributed by atoms with E-state index in [1.807, 2.05) is 21.0 Å². The van der Waals surface area contributed by atoms with Gasteiger partial charge < -0.3 is 10.1 Å². The SMILES string of the molecule is C=CN/C(=C\C)CC([B]N(C)C)C(=C)C. The van der Waals surface area contributed by atoms with Crippen molar-refractivity contribution in [3.8, 4) is 0 Å². The third-order valence-corrected chi connectivity index (χ3v) is 2.19. The van der Waals surface area contributed by atoms with Crippen molar-refractivity contribution in [2.24, 2.45) is 0 Å². The Morgan fingerprint density at radius 3 is 2.47 bits per heavy atom. The smallest absolute Gasteiger partial charge is 0.216 e. The number of hydrogen-bond acceptors (Lipinski definition) is 2. The van der Waals surface area contributed by atoms with Crippen LogP contribution >= 0.6 is 0 Å². The van der Waals surface area contributed by atoms with Crippen molar-refractivity contribution >= 4 is 7.41 Å². The zero-order valence-electron chi connectivity index (χ0n) is 10.4. The van der Waals surface area contributed by atoms with Crippen LogP contribution in [0.15, 0.2) is 36.7 Å². The van der Waals surface area contributed by atoms with Gasteiger partial charge >= 0.3 is 0 Å². The van der Waals surface area contributed by atoms with Crippen molar-refractivity contribution in [3.63, 3.8) is 0 Å². The molecule has 0 saturated heterocycles. The lowest BCUT2D eigenvalue weighted by Gasteiger charge is -2.21. The molecule has 0 aromatic carbocycles. The summed E-state index contributed by atoms with van der Waals surface area (Å²) in [6.45, 7) is 11.8. The largest absolute Gasteiger partial charge is 0.366 e. The van der Waals surface area contributed by atoms with Crippen LogP contribution in [0.3, 0.4) is 0 Å². The van der Waals surface area contributed by atoms with Gasteiger partial charge in [-0.3, -0.25) is 0 Å². The topological polar surface area (TPSA) is 15.3 Å². The molecule has 83 valence electrons. The monoisotopic (exact) mass is 205 g/mol. The summed E-state index contributed by atoms with van der Waals surface area (Å²) in [6.07, 6.45) is 4.72. The van der Waals surface area contributed by atoms with Gasteiger partial charge in [-0.1, -0.05) is 18.2 Å². The van der Waals surface area contributed by atoms with Crippen LogP contribution in [-0.4, -0.2) is 26.3 Å². The van der Waals surface area contributed by atoms with E-state index in [2.05, 4.69) is 43.7 Å². The van der Waals surface area contributed by atoms with Gasteiger partial charge in [0.1, 0.15) is 0 Å². The maximum Gasteiger partial charge on any atom is 0.216 e. The van der Waals surface area contributed by atoms with Crippen LogP contribution < -0.4 is 5.32 Å². The second-order valence-corrected chi connectivity index (χ2v) is 3.93. The first-order valence-electron chi connectivity index (χ1n) is 5.20. The molecule has 0 heterocycles. The minimum Gasteiger partial charge on any atom is -0.366 e. The van der Waals surface area contributed by atoms with Gasteiger partial charge in [0.2, 0.25) is 7.41 Å². The minimum absolute atomic E-state index is 0.374. The fourth-order valence-electron chi connectivity index (χ4n) is 1.34. The molecule has 0 aliphatic rings. The van der Waals surface area contributed by atoms with Crippen molar-refractivity contribution in [1.29, 1.82) is 0 Å². The molecule has 0 aliphatic heterocycles. The summed E-state index contributed by atoms with van der Waals surface area (Å²) in [5.41, 5.74) is 2.35. The van der Waals surface area contributed by atoms with Crippen molar-refractivity contribution in [2.75, 3.05) is 14.1 Å². The van der Waals surface area contributed by atoms with Crippen molar-refractivity contribution < 1.29 is 0 Å². The molecule has 1 atom stereocenters. The van der Waals surface area contributed by atoms with E-state index in [-0.39, 0.29) is 0 Å². The van der Waals surface area contributed by atoms with Crippen molar-refractivity contribution in [3.05, 3.63) is 36.7 Å². The molecule has 0 saturated carbocycles. The lowest BCUT2D eigenvalue weighted by molar-refractivity contribution is 0.639. The molecule has 0 aliphatic carbocycles. The Bertz CT molecular complexity index is 244. The molecule has 0 aromatic rings. The third-order valence-electron chi connectivity index (χ3n) is 2.19. The van der Waals surface area contributed by atoms with E-state index in [9.17, 15) is 0 Å². The van der Waals surface area contributed by atoms with E-state index in [0.717, 1.165) is 6.42 Å². The van der Waals surface area contributed by atoms with E-state index < -0.39 is 0 Å². The molecule has 0 spiro atoms. The molecule has 0 bridgehead atoms. The lowest BCUT2D eigenvalue weighted by Crippen LogP contribution is -2.24. The number of nitrogens with zero attached hydrogens (tertiary/aromatic N) is 1. The minimum atomic E-state index is 0.374. The molecule has 3 heteroatoms. The summed E-state index contributed by atoms with van der Waals surface area (Å²) in [5, 5.41) is 3.14. The average Bonchev–Trinajstić information content (AvgIpc) is 2.14. The van der Waals surface area contributed by atoms with Gasteiger partial charge in [-0.05, 0) is 46.4 Å². The summed E-state index contributed by atoms with van der Waals surface area (Å²) in [7, 11) is 6.25. The second kappa shape index (κ2) is 7.35. The maximum atomic E-state index is 4.02. The molecule has 0 rings (SSSR count). The lowest BCUT2D eigenvalue weighted by atomic mass is 9.68.